The third kappa shape index (κ3) is 31.2. The maximum absolute atomic E-state index is 10.6. The maximum Gasteiger partial charge on any atom is 0.333 e. The summed E-state index contributed by atoms with van der Waals surface area (Å²) in [6.45, 7) is 20.1. The Morgan fingerprint density at radius 3 is 1.74 bits per heavy atom. The summed E-state index contributed by atoms with van der Waals surface area (Å²) in [6.07, 6.45) is 23.4. The zero-order valence-corrected chi connectivity index (χ0v) is 24.4. The Bertz CT molecular complexity index is 450. The van der Waals surface area contributed by atoms with Crippen molar-refractivity contribution in [1.82, 2.24) is 0 Å². The van der Waals surface area contributed by atoms with Crippen LogP contribution in [0.3, 0.4) is 0 Å². The summed E-state index contributed by atoms with van der Waals surface area (Å²) < 4.78 is 10.7. The Morgan fingerprint density at radius 1 is 0.735 bits per heavy atom. The maximum atomic E-state index is 10.6. The molecule has 0 saturated carbocycles. The van der Waals surface area contributed by atoms with Gasteiger partial charge in [-0.25, -0.2) is 4.79 Å². The van der Waals surface area contributed by atoms with E-state index in [1.165, 1.54) is 103 Å². The van der Waals surface area contributed by atoms with E-state index in [0.717, 1.165) is 13.0 Å². The van der Waals surface area contributed by atoms with E-state index < -0.39 is 0 Å². The summed E-state index contributed by atoms with van der Waals surface area (Å²) >= 11 is 0. The first-order chi connectivity index (χ1) is 16.1. The lowest BCUT2D eigenvalue weighted by Crippen LogP contribution is -2.09. The molecule has 0 aliphatic rings. The van der Waals surface area contributed by atoms with Crippen molar-refractivity contribution in [2.24, 2.45) is 5.41 Å². The monoisotopic (exact) mass is 482 g/mol. The molecular weight excluding hydrogens is 420 g/mol. The molecule has 0 amide bonds. The van der Waals surface area contributed by atoms with Gasteiger partial charge in [0.05, 0.1) is 12.7 Å². The van der Waals surface area contributed by atoms with Crippen LogP contribution in [-0.2, 0) is 14.3 Å². The standard InChI is InChI=1S/C24H50O.C7H12O2/c1-6-7-8-9-11-14-17-20-23(2)25-22-19-16-13-10-12-15-18-21-24(3,4)5;1-4-5-9-7(8)6(2)3/h23H,6-22H2,1-5H3;2,4-5H2,1,3H3. The van der Waals surface area contributed by atoms with Crippen molar-refractivity contribution in [3.05, 3.63) is 12.2 Å². The third-order valence-electron chi connectivity index (χ3n) is 5.97. The fourth-order valence-corrected chi connectivity index (χ4v) is 3.72. The van der Waals surface area contributed by atoms with Gasteiger partial charge in [0.15, 0.2) is 0 Å². The molecule has 0 spiro atoms. The summed E-state index contributed by atoms with van der Waals surface area (Å²) in [7, 11) is 0. The van der Waals surface area contributed by atoms with E-state index in [-0.39, 0.29) is 5.97 Å². The number of hydrogen-bond acceptors (Lipinski definition) is 3. The van der Waals surface area contributed by atoms with Crippen LogP contribution in [0.15, 0.2) is 12.2 Å². The fraction of sp³-hybridized carbons (Fsp3) is 0.903. The molecule has 3 heteroatoms. The topological polar surface area (TPSA) is 35.5 Å². The molecule has 3 nitrogen and oxygen atoms in total. The Hall–Kier alpha value is -0.830. The van der Waals surface area contributed by atoms with Crippen LogP contribution in [0, 0.1) is 5.41 Å². The molecule has 0 aromatic rings. The largest absolute Gasteiger partial charge is 0.462 e. The van der Waals surface area contributed by atoms with Gasteiger partial charge in [-0.15, -0.1) is 0 Å². The van der Waals surface area contributed by atoms with Crippen LogP contribution in [0.2, 0.25) is 0 Å². The number of unbranched alkanes of at least 4 members (excludes halogenated alkanes) is 12. The molecule has 34 heavy (non-hydrogen) atoms. The minimum Gasteiger partial charge on any atom is -0.462 e. The van der Waals surface area contributed by atoms with E-state index in [1.54, 1.807) is 6.92 Å². The molecule has 0 saturated heterocycles. The van der Waals surface area contributed by atoms with Crippen molar-refractivity contribution in [3.63, 3.8) is 0 Å². The van der Waals surface area contributed by atoms with Gasteiger partial charge in [-0.3, -0.25) is 0 Å². The van der Waals surface area contributed by atoms with Gasteiger partial charge in [-0.1, -0.05) is 125 Å². The predicted octanol–water partition coefficient (Wildman–Crippen LogP) is 10.2. The lowest BCUT2D eigenvalue weighted by molar-refractivity contribution is -0.138. The van der Waals surface area contributed by atoms with Crippen molar-refractivity contribution in [1.29, 1.82) is 0 Å². The molecule has 0 radical (unpaired) electrons. The van der Waals surface area contributed by atoms with E-state index in [9.17, 15) is 4.79 Å². The Morgan fingerprint density at radius 2 is 1.24 bits per heavy atom. The first-order valence-corrected chi connectivity index (χ1v) is 14.6. The third-order valence-corrected chi connectivity index (χ3v) is 5.97. The molecule has 0 aromatic carbocycles. The zero-order valence-electron chi connectivity index (χ0n) is 24.4. The second-order valence-corrected chi connectivity index (χ2v) is 11.3. The summed E-state index contributed by atoms with van der Waals surface area (Å²) in [4.78, 5) is 10.6. The molecule has 0 fully saturated rings. The van der Waals surface area contributed by atoms with E-state index in [2.05, 4.69) is 41.2 Å². The summed E-state index contributed by atoms with van der Waals surface area (Å²) in [5.74, 6) is -0.295. The Balaban J connectivity index is 0. The highest BCUT2D eigenvalue weighted by atomic mass is 16.5. The fourth-order valence-electron chi connectivity index (χ4n) is 3.72. The van der Waals surface area contributed by atoms with Crippen LogP contribution in [0.4, 0.5) is 0 Å². The molecule has 204 valence electrons. The van der Waals surface area contributed by atoms with Crippen LogP contribution < -0.4 is 0 Å². The smallest absolute Gasteiger partial charge is 0.333 e. The van der Waals surface area contributed by atoms with E-state index in [0.29, 0.717) is 23.7 Å². The molecule has 0 aliphatic carbocycles. The van der Waals surface area contributed by atoms with Gasteiger partial charge in [-0.2, -0.15) is 0 Å². The number of esters is 1. The Labute approximate surface area is 214 Å². The zero-order chi connectivity index (χ0) is 26.1. The number of carbonyl (C=O) groups excluding carboxylic acids is 1. The second-order valence-electron chi connectivity index (χ2n) is 11.3. The van der Waals surface area contributed by atoms with Crippen LogP contribution in [0.1, 0.15) is 158 Å². The van der Waals surface area contributed by atoms with E-state index >= 15 is 0 Å². The number of carbonyl (C=O) groups is 1. The SMILES string of the molecule is C=C(C)C(=O)OCCC.CCCCCCCCCC(C)OCCCCCCCCCC(C)(C)C. The van der Waals surface area contributed by atoms with Crippen molar-refractivity contribution in [3.8, 4) is 0 Å². The van der Waals surface area contributed by atoms with Gasteiger partial charge in [0.1, 0.15) is 0 Å². The number of rotatable bonds is 21. The molecule has 0 bridgehead atoms. The van der Waals surface area contributed by atoms with Crippen LogP contribution in [0.25, 0.3) is 0 Å². The average Bonchev–Trinajstić information content (AvgIpc) is 2.77. The van der Waals surface area contributed by atoms with Gasteiger partial charge in [0.25, 0.3) is 0 Å². The molecule has 0 aromatic heterocycles. The normalized spacial score (nSPS) is 12.1. The molecule has 1 unspecified atom stereocenters. The van der Waals surface area contributed by atoms with Crippen LogP contribution in [0.5, 0.6) is 0 Å². The van der Waals surface area contributed by atoms with Gasteiger partial charge >= 0.3 is 5.97 Å². The van der Waals surface area contributed by atoms with E-state index in [4.69, 9.17) is 9.47 Å². The van der Waals surface area contributed by atoms with E-state index in [1.807, 2.05) is 6.92 Å². The van der Waals surface area contributed by atoms with Gasteiger partial charge in [0, 0.05) is 12.2 Å². The first kappa shape index (κ1) is 35.3. The molecular formula is C31H62O3. The summed E-state index contributed by atoms with van der Waals surface area (Å²) in [5, 5.41) is 0. The Kier molecular flexibility index (Phi) is 26.3. The molecule has 1 atom stereocenters. The van der Waals surface area contributed by atoms with Gasteiger partial charge in [-0.05, 0) is 44.9 Å². The minimum absolute atomic E-state index is 0.295. The molecule has 0 heterocycles. The van der Waals surface area contributed by atoms with Gasteiger partial charge in [0.2, 0.25) is 0 Å². The quantitative estimate of drug-likeness (QED) is 0.0927. The van der Waals surface area contributed by atoms with Crippen molar-refractivity contribution >= 4 is 5.97 Å². The average molecular weight is 483 g/mol. The highest BCUT2D eigenvalue weighted by Crippen LogP contribution is 2.22. The first-order valence-electron chi connectivity index (χ1n) is 14.6. The lowest BCUT2D eigenvalue weighted by Gasteiger charge is -2.17. The number of ether oxygens (including phenoxy) is 2. The highest BCUT2D eigenvalue weighted by Gasteiger charge is 2.08. The molecule has 0 rings (SSSR count). The summed E-state index contributed by atoms with van der Waals surface area (Å²) in [5.41, 5.74) is 0.978. The molecule has 0 N–H and O–H groups in total. The minimum atomic E-state index is -0.295. The van der Waals surface area contributed by atoms with Crippen molar-refractivity contribution in [2.75, 3.05) is 13.2 Å². The van der Waals surface area contributed by atoms with Gasteiger partial charge < -0.3 is 9.47 Å². The number of hydrogen-bond donors (Lipinski definition) is 0. The van der Waals surface area contributed by atoms with Crippen molar-refractivity contribution < 1.29 is 14.3 Å². The summed E-state index contributed by atoms with van der Waals surface area (Å²) in [6, 6.07) is 0. The lowest BCUT2D eigenvalue weighted by atomic mass is 9.89. The molecule has 0 aliphatic heterocycles. The van der Waals surface area contributed by atoms with Crippen LogP contribution in [-0.4, -0.2) is 25.3 Å². The highest BCUT2D eigenvalue weighted by molar-refractivity contribution is 5.86. The predicted molar refractivity (Wildman–Crippen MR) is 150 cm³/mol. The van der Waals surface area contributed by atoms with Crippen LogP contribution >= 0.6 is 0 Å². The second kappa shape index (κ2) is 25.3. The van der Waals surface area contributed by atoms with Crippen molar-refractivity contribution in [2.45, 2.75) is 164 Å².